The molecule has 0 radical (unpaired) electrons. The molecule has 0 saturated heterocycles. The summed E-state index contributed by atoms with van der Waals surface area (Å²) in [4.78, 5) is 9.74. The van der Waals surface area contributed by atoms with Crippen LogP contribution in [0.4, 0.5) is 0 Å². The third-order valence-electron chi connectivity index (χ3n) is 4.35. The van der Waals surface area contributed by atoms with Crippen LogP contribution >= 0.6 is 0 Å². The highest BCUT2D eigenvalue weighted by Gasteiger charge is 2.16. The van der Waals surface area contributed by atoms with E-state index in [1.54, 1.807) is 0 Å². The van der Waals surface area contributed by atoms with E-state index in [4.69, 9.17) is 4.99 Å². The molecule has 1 fully saturated rings. The van der Waals surface area contributed by atoms with Crippen molar-refractivity contribution < 1.29 is 0 Å². The topological polar surface area (TPSA) is 24.7 Å². The van der Waals surface area contributed by atoms with Gasteiger partial charge in [-0.3, -0.25) is 9.98 Å². The van der Waals surface area contributed by atoms with E-state index in [-0.39, 0.29) is 0 Å². The molecule has 1 aliphatic heterocycles. The average Bonchev–Trinajstić information content (AvgIpc) is 3.02. The second kappa shape index (κ2) is 6.83. The van der Waals surface area contributed by atoms with Gasteiger partial charge in [-0.25, -0.2) is 0 Å². The molecule has 1 aromatic rings. The van der Waals surface area contributed by atoms with Gasteiger partial charge in [0.05, 0.1) is 6.04 Å². The summed E-state index contributed by atoms with van der Waals surface area (Å²) >= 11 is 0. The molecule has 20 heavy (non-hydrogen) atoms. The van der Waals surface area contributed by atoms with E-state index in [2.05, 4.69) is 35.3 Å². The van der Waals surface area contributed by atoms with Gasteiger partial charge >= 0.3 is 0 Å². The summed E-state index contributed by atoms with van der Waals surface area (Å²) in [7, 11) is 0. The summed E-state index contributed by atoms with van der Waals surface area (Å²) in [5, 5.41) is 0. The predicted octanol–water partition coefficient (Wildman–Crippen LogP) is 4.43. The van der Waals surface area contributed by atoms with E-state index in [0.29, 0.717) is 6.04 Å². The molecule has 0 aromatic heterocycles. The molecule has 2 heteroatoms. The minimum absolute atomic E-state index is 0.543. The molecule has 0 spiro atoms. The lowest BCUT2D eigenvalue weighted by molar-refractivity contribution is 0.443. The van der Waals surface area contributed by atoms with Gasteiger partial charge in [0.15, 0.2) is 0 Å². The first-order valence-electron chi connectivity index (χ1n) is 8.06. The SMILES string of the molecule is c1ccc(C(CC2=NCCC2)=NC2CCCCC2)cc1. The monoisotopic (exact) mass is 268 g/mol. The second-order valence-corrected chi connectivity index (χ2v) is 5.96. The Morgan fingerprint density at radius 3 is 2.55 bits per heavy atom. The molecule has 1 aromatic carbocycles. The Labute approximate surface area is 122 Å². The van der Waals surface area contributed by atoms with E-state index < -0.39 is 0 Å². The minimum atomic E-state index is 0.543. The van der Waals surface area contributed by atoms with Gasteiger partial charge in [0, 0.05) is 24.4 Å². The summed E-state index contributed by atoms with van der Waals surface area (Å²) in [5.74, 6) is 0. The summed E-state index contributed by atoms with van der Waals surface area (Å²) in [6.07, 6.45) is 9.96. The smallest absolute Gasteiger partial charge is 0.0503 e. The number of nitrogens with zero attached hydrogens (tertiary/aromatic N) is 2. The van der Waals surface area contributed by atoms with Crippen molar-refractivity contribution in [2.24, 2.45) is 9.98 Å². The Morgan fingerprint density at radius 2 is 1.85 bits per heavy atom. The van der Waals surface area contributed by atoms with E-state index in [0.717, 1.165) is 19.4 Å². The molecule has 1 heterocycles. The molecule has 3 rings (SSSR count). The van der Waals surface area contributed by atoms with Crippen molar-refractivity contribution in [1.29, 1.82) is 0 Å². The second-order valence-electron chi connectivity index (χ2n) is 5.96. The Morgan fingerprint density at radius 1 is 1.05 bits per heavy atom. The quantitative estimate of drug-likeness (QED) is 0.722. The fourth-order valence-corrected chi connectivity index (χ4v) is 3.22. The van der Waals surface area contributed by atoms with Gasteiger partial charge in [0.2, 0.25) is 0 Å². The minimum Gasteiger partial charge on any atom is -0.294 e. The van der Waals surface area contributed by atoms with Crippen molar-refractivity contribution in [2.75, 3.05) is 6.54 Å². The molecular weight excluding hydrogens is 244 g/mol. The zero-order chi connectivity index (χ0) is 13.6. The van der Waals surface area contributed by atoms with E-state index >= 15 is 0 Å². The van der Waals surface area contributed by atoms with Gasteiger partial charge in [0.1, 0.15) is 0 Å². The first-order valence-corrected chi connectivity index (χ1v) is 8.06. The van der Waals surface area contributed by atoms with E-state index in [1.807, 2.05) is 0 Å². The van der Waals surface area contributed by atoms with Crippen molar-refractivity contribution >= 4 is 11.4 Å². The normalized spacial score (nSPS) is 21.0. The van der Waals surface area contributed by atoms with Gasteiger partial charge in [-0.1, -0.05) is 49.6 Å². The highest BCUT2D eigenvalue weighted by molar-refractivity contribution is 6.12. The maximum absolute atomic E-state index is 5.11. The highest BCUT2D eigenvalue weighted by Crippen LogP contribution is 2.22. The summed E-state index contributed by atoms with van der Waals surface area (Å²) in [5.41, 5.74) is 3.90. The van der Waals surface area contributed by atoms with E-state index in [1.165, 1.54) is 55.5 Å². The maximum atomic E-state index is 5.11. The standard InChI is InChI=1S/C18H24N2/c1-3-8-15(9-4-1)18(14-17-12-7-13-19-17)20-16-10-5-2-6-11-16/h1,3-4,8-9,16H,2,5-7,10-14H2. The van der Waals surface area contributed by atoms with Crippen LogP contribution in [0.15, 0.2) is 40.3 Å². The molecule has 2 nitrogen and oxygen atoms in total. The van der Waals surface area contributed by atoms with Crippen molar-refractivity contribution in [2.45, 2.75) is 57.4 Å². The first kappa shape index (κ1) is 13.5. The number of aliphatic imine (C=N–C) groups is 2. The van der Waals surface area contributed by atoms with Gasteiger partial charge in [0.25, 0.3) is 0 Å². The van der Waals surface area contributed by atoms with Gasteiger partial charge in [-0.05, 0) is 31.2 Å². The predicted molar refractivity (Wildman–Crippen MR) is 86.0 cm³/mol. The van der Waals surface area contributed by atoms with E-state index in [9.17, 15) is 0 Å². The summed E-state index contributed by atoms with van der Waals surface area (Å²) in [6, 6.07) is 11.2. The average molecular weight is 268 g/mol. The lowest BCUT2D eigenvalue weighted by Crippen LogP contribution is -2.16. The Hall–Kier alpha value is -1.44. The van der Waals surface area contributed by atoms with Crippen molar-refractivity contribution in [1.82, 2.24) is 0 Å². The fraction of sp³-hybridized carbons (Fsp3) is 0.556. The van der Waals surface area contributed by atoms with Crippen molar-refractivity contribution in [3.63, 3.8) is 0 Å². The van der Waals surface area contributed by atoms with Crippen LogP contribution in [0.5, 0.6) is 0 Å². The molecule has 0 N–H and O–H groups in total. The fourth-order valence-electron chi connectivity index (χ4n) is 3.22. The van der Waals surface area contributed by atoms with Crippen LogP contribution in [-0.4, -0.2) is 24.0 Å². The molecule has 2 aliphatic rings. The van der Waals surface area contributed by atoms with Crippen molar-refractivity contribution in [3.8, 4) is 0 Å². The maximum Gasteiger partial charge on any atom is 0.0503 e. The summed E-state index contributed by atoms with van der Waals surface area (Å²) in [6.45, 7) is 1.01. The Balaban J connectivity index is 1.80. The molecular formula is C18H24N2. The third-order valence-corrected chi connectivity index (χ3v) is 4.35. The van der Waals surface area contributed by atoms with Crippen LogP contribution in [0.25, 0.3) is 0 Å². The molecule has 106 valence electrons. The molecule has 0 unspecified atom stereocenters. The van der Waals surface area contributed by atoms with Crippen LogP contribution in [-0.2, 0) is 0 Å². The van der Waals surface area contributed by atoms with Crippen LogP contribution < -0.4 is 0 Å². The highest BCUT2D eigenvalue weighted by atomic mass is 14.8. The third kappa shape index (κ3) is 3.56. The first-order chi connectivity index (χ1) is 9.92. The molecule has 1 saturated carbocycles. The van der Waals surface area contributed by atoms with Crippen LogP contribution in [0.2, 0.25) is 0 Å². The number of hydrogen-bond donors (Lipinski definition) is 0. The van der Waals surface area contributed by atoms with Crippen molar-refractivity contribution in [3.05, 3.63) is 35.9 Å². The zero-order valence-corrected chi connectivity index (χ0v) is 12.2. The van der Waals surface area contributed by atoms with Crippen LogP contribution in [0.1, 0.15) is 56.9 Å². The van der Waals surface area contributed by atoms with Crippen LogP contribution in [0.3, 0.4) is 0 Å². The molecule has 0 amide bonds. The molecule has 1 aliphatic carbocycles. The van der Waals surface area contributed by atoms with Gasteiger partial charge in [-0.2, -0.15) is 0 Å². The lowest BCUT2D eigenvalue weighted by Gasteiger charge is -2.19. The largest absolute Gasteiger partial charge is 0.294 e. The molecule has 0 bridgehead atoms. The number of benzene rings is 1. The lowest BCUT2D eigenvalue weighted by atomic mass is 9.95. The number of rotatable bonds is 4. The summed E-state index contributed by atoms with van der Waals surface area (Å²) < 4.78 is 0. The zero-order valence-electron chi connectivity index (χ0n) is 12.2. The Bertz CT molecular complexity index is 481. The number of hydrogen-bond acceptors (Lipinski definition) is 2. The van der Waals surface area contributed by atoms with Gasteiger partial charge < -0.3 is 0 Å². The molecule has 0 atom stereocenters. The van der Waals surface area contributed by atoms with Gasteiger partial charge in [-0.15, -0.1) is 0 Å². The Kier molecular flexibility index (Phi) is 4.62. The van der Waals surface area contributed by atoms with Crippen LogP contribution in [0, 0.1) is 0 Å².